The van der Waals surface area contributed by atoms with Gasteiger partial charge in [0.1, 0.15) is 18.6 Å². The number of ether oxygens (including phenoxy) is 1. The third kappa shape index (κ3) is 3.44. The molecule has 0 aliphatic rings. The maximum absolute atomic E-state index is 10.6. The summed E-state index contributed by atoms with van der Waals surface area (Å²) in [6.45, 7) is 0.508. The molecule has 0 aliphatic carbocycles. The molecule has 0 saturated heterocycles. The Balaban J connectivity index is 2.11. The average Bonchev–Trinajstić information content (AvgIpc) is 2.39. The van der Waals surface area contributed by atoms with Gasteiger partial charge in [-0.2, -0.15) is 0 Å². The van der Waals surface area contributed by atoms with Gasteiger partial charge in [-0.15, -0.1) is 0 Å². The second-order valence-electron chi connectivity index (χ2n) is 3.90. The molecule has 0 aromatic heterocycles. The SMILES string of the molecule is O=CCc1cc(Br)ccc1OCc1ccccc1. The highest BCUT2D eigenvalue weighted by atomic mass is 79.9. The van der Waals surface area contributed by atoms with Crippen LogP contribution in [0, 0.1) is 0 Å². The lowest BCUT2D eigenvalue weighted by Crippen LogP contribution is -1.99. The molecule has 92 valence electrons. The summed E-state index contributed by atoms with van der Waals surface area (Å²) in [6, 6.07) is 15.7. The fourth-order valence-corrected chi connectivity index (χ4v) is 2.08. The van der Waals surface area contributed by atoms with Crippen LogP contribution < -0.4 is 4.74 Å². The summed E-state index contributed by atoms with van der Waals surface area (Å²) < 4.78 is 6.70. The first kappa shape index (κ1) is 12.8. The molecule has 0 bridgehead atoms. The maximum Gasteiger partial charge on any atom is 0.124 e. The minimum Gasteiger partial charge on any atom is -0.489 e. The second-order valence-corrected chi connectivity index (χ2v) is 4.81. The molecule has 0 radical (unpaired) electrons. The van der Waals surface area contributed by atoms with Crippen molar-refractivity contribution in [3.63, 3.8) is 0 Å². The van der Waals surface area contributed by atoms with Crippen LogP contribution in [0.4, 0.5) is 0 Å². The summed E-state index contributed by atoms with van der Waals surface area (Å²) in [5, 5.41) is 0. The van der Waals surface area contributed by atoms with Crippen molar-refractivity contribution in [3.05, 3.63) is 64.1 Å². The molecule has 0 spiro atoms. The van der Waals surface area contributed by atoms with Gasteiger partial charge in [0.25, 0.3) is 0 Å². The Bertz CT molecular complexity index is 523. The molecule has 2 aromatic carbocycles. The molecule has 2 nitrogen and oxygen atoms in total. The summed E-state index contributed by atoms with van der Waals surface area (Å²) in [5.74, 6) is 0.758. The number of halogens is 1. The largest absolute Gasteiger partial charge is 0.489 e. The van der Waals surface area contributed by atoms with Gasteiger partial charge in [-0.3, -0.25) is 0 Å². The monoisotopic (exact) mass is 304 g/mol. The maximum atomic E-state index is 10.6. The van der Waals surface area contributed by atoms with Gasteiger partial charge < -0.3 is 9.53 Å². The van der Waals surface area contributed by atoms with Crippen LogP contribution in [0.15, 0.2) is 53.0 Å². The average molecular weight is 305 g/mol. The first-order chi connectivity index (χ1) is 8.79. The number of carbonyl (C=O) groups is 1. The van der Waals surface area contributed by atoms with E-state index in [-0.39, 0.29) is 0 Å². The molecule has 0 saturated carbocycles. The van der Waals surface area contributed by atoms with E-state index in [1.54, 1.807) is 0 Å². The third-order valence-electron chi connectivity index (χ3n) is 2.56. The molecule has 0 fully saturated rings. The van der Waals surface area contributed by atoms with Crippen molar-refractivity contribution in [1.29, 1.82) is 0 Å². The van der Waals surface area contributed by atoms with Crippen molar-refractivity contribution in [2.45, 2.75) is 13.0 Å². The van der Waals surface area contributed by atoms with E-state index in [2.05, 4.69) is 15.9 Å². The quantitative estimate of drug-likeness (QED) is 0.786. The van der Waals surface area contributed by atoms with E-state index in [0.717, 1.165) is 27.6 Å². The first-order valence-corrected chi connectivity index (χ1v) is 6.47. The molecule has 0 amide bonds. The minimum atomic E-state index is 0.365. The van der Waals surface area contributed by atoms with Crippen molar-refractivity contribution in [2.75, 3.05) is 0 Å². The second kappa shape index (κ2) is 6.36. The molecular formula is C15H13BrO2. The van der Waals surface area contributed by atoms with Gasteiger partial charge in [0.05, 0.1) is 0 Å². The fraction of sp³-hybridized carbons (Fsp3) is 0.133. The van der Waals surface area contributed by atoms with Crippen LogP contribution in [-0.4, -0.2) is 6.29 Å². The Morgan fingerprint density at radius 2 is 1.89 bits per heavy atom. The van der Waals surface area contributed by atoms with E-state index in [4.69, 9.17) is 4.74 Å². The van der Waals surface area contributed by atoms with Crippen molar-refractivity contribution in [3.8, 4) is 5.75 Å². The normalized spacial score (nSPS) is 10.1. The van der Waals surface area contributed by atoms with Crippen molar-refractivity contribution >= 4 is 22.2 Å². The van der Waals surface area contributed by atoms with Gasteiger partial charge in [-0.25, -0.2) is 0 Å². The van der Waals surface area contributed by atoms with Gasteiger partial charge in [-0.05, 0) is 23.8 Å². The van der Waals surface area contributed by atoms with Gasteiger partial charge in [0.2, 0.25) is 0 Å². The van der Waals surface area contributed by atoms with Crippen molar-refractivity contribution in [2.24, 2.45) is 0 Å². The lowest BCUT2D eigenvalue weighted by atomic mass is 10.1. The fourth-order valence-electron chi connectivity index (χ4n) is 1.67. The summed E-state index contributed by atoms with van der Waals surface area (Å²) in [6.07, 6.45) is 1.25. The third-order valence-corrected chi connectivity index (χ3v) is 3.06. The zero-order valence-electron chi connectivity index (χ0n) is 9.80. The van der Waals surface area contributed by atoms with Gasteiger partial charge in [0, 0.05) is 16.5 Å². The van der Waals surface area contributed by atoms with Crippen LogP contribution in [0.1, 0.15) is 11.1 Å². The number of hydrogen-bond acceptors (Lipinski definition) is 2. The number of carbonyl (C=O) groups excluding carboxylic acids is 1. The molecule has 0 aliphatic heterocycles. The Kier molecular flexibility index (Phi) is 4.53. The molecule has 2 aromatic rings. The summed E-state index contributed by atoms with van der Waals surface area (Å²) in [7, 11) is 0. The highest BCUT2D eigenvalue weighted by molar-refractivity contribution is 9.10. The molecule has 0 atom stereocenters. The van der Waals surface area contributed by atoms with E-state index >= 15 is 0 Å². The highest BCUT2D eigenvalue weighted by Crippen LogP contribution is 2.24. The summed E-state index contributed by atoms with van der Waals surface area (Å²) >= 11 is 3.39. The van der Waals surface area contributed by atoms with Crippen molar-refractivity contribution < 1.29 is 9.53 Å². The van der Waals surface area contributed by atoms with Crippen LogP contribution in [0.5, 0.6) is 5.75 Å². The minimum absolute atomic E-state index is 0.365. The van der Waals surface area contributed by atoms with E-state index in [9.17, 15) is 4.79 Å². The number of rotatable bonds is 5. The summed E-state index contributed by atoms with van der Waals surface area (Å²) in [4.78, 5) is 10.6. The smallest absolute Gasteiger partial charge is 0.124 e. The van der Waals surface area contributed by atoms with Crippen LogP contribution in [0.3, 0.4) is 0 Å². The topological polar surface area (TPSA) is 26.3 Å². The Morgan fingerprint density at radius 3 is 2.61 bits per heavy atom. The number of benzene rings is 2. The van der Waals surface area contributed by atoms with Crippen LogP contribution in [-0.2, 0) is 17.8 Å². The number of aldehydes is 1. The molecule has 0 unspecified atom stereocenters. The van der Waals surface area contributed by atoms with E-state index in [1.165, 1.54) is 0 Å². The molecule has 3 heteroatoms. The van der Waals surface area contributed by atoms with E-state index < -0.39 is 0 Å². The van der Waals surface area contributed by atoms with Gasteiger partial charge >= 0.3 is 0 Å². The van der Waals surface area contributed by atoms with Crippen LogP contribution in [0.25, 0.3) is 0 Å². The lowest BCUT2D eigenvalue weighted by Gasteiger charge is -2.10. The Morgan fingerprint density at radius 1 is 1.11 bits per heavy atom. The van der Waals surface area contributed by atoms with Crippen LogP contribution in [0.2, 0.25) is 0 Å². The lowest BCUT2D eigenvalue weighted by molar-refractivity contribution is -0.107. The first-order valence-electron chi connectivity index (χ1n) is 5.68. The number of hydrogen-bond donors (Lipinski definition) is 0. The summed E-state index contributed by atoms with van der Waals surface area (Å²) in [5.41, 5.74) is 2.01. The van der Waals surface area contributed by atoms with Crippen molar-refractivity contribution in [1.82, 2.24) is 0 Å². The van der Waals surface area contributed by atoms with Crippen LogP contribution >= 0.6 is 15.9 Å². The Hall–Kier alpha value is -1.61. The van der Waals surface area contributed by atoms with E-state index in [0.29, 0.717) is 13.0 Å². The van der Waals surface area contributed by atoms with E-state index in [1.807, 2.05) is 48.5 Å². The standard InChI is InChI=1S/C15H13BrO2/c16-14-6-7-15(13(10-14)8-9-17)18-11-12-4-2-1-3-5-12/h1-7,9-10H,8,11H2. The highest BCUT2D eigenvalue weighted by Gasteiger charge is 2.04. The predicted molar refractivity (Wildman–Crippen MR) is 74.7 cm³/mol. The van der Waals surface area contributed by atoms with Gasteiger partial charge in [0.15, 0.2) is 0 Å². The zero-order chi connectivity index (χ0) is 12.8. The molecule has 18 heavy (non-hydrogen) atoms. The molecule has 0 heterocycles. The molecule has 2 rings (SSSR count). The van der Waals surface area contributed by atoms with Gasteiger partial charge in [-0.1, -0.05) is 46.3 Å². The zero-order valence-corrected chi connectivity index (χ0v) is 11.4. The Labute approximate surface area is 115 Å². The molecular weight excluding hydrogens is 292 g/mol. The predicted octanol–water partition coefficient (Wildman–Crippen LogP) is 3.77. The molecule has 0 N–H and O–H groups in total.